The first-order valence-corrected chi connectivity index (χ1v) is 37.8. The molecule has 544 valence electrons. The van der Waals surface area contributed by atoms with Crippen LogP contribution in [0.4, 0.5) is 0 Å². The monoisotopic (exact) mass is 1410 g/mol. The van der Waals surface area contributed by atoms with Gasteiger partial charge in [-0.2, -0.15) is 0 Å². The maximum absolute atomic E-state index is 12.8. The van der Waals surface area contributed by atoms with Crippen LogP contribution in [-0.2, 0) is 57.2 Å². The van der Waals surface area contributed by atoms with Gasteiger partial charge in [-0.3, -0.25) is 43.7 Å². The third-order valence-corrected chi connectivity index (χ3v) is 26.3. The standard InChI is InChI=1S/C29H32N2O4.C29H30N2O4.C29H32N2O4/c2*1-16(32)34-26-13-23-28-20(12-22-24(33)9-17(14-30)10-25(22)35-28)5-7-29(23,2)27(26)19-3-4-21-15-31-8-6-18(21)11-19;1-16(32)34-26-13-23-28-20(12-22-24(33)9-17(14-30)10-25(22)35-28)5-7-29(23,2)27(26)19-4-3-18-6-8-31-15-21(18)11-19/h3-4,6,8,11-12,15,17,23,26-28H,5,7,9-10,13-14,30H2,1-2H3;3-8,11-12,15,17,23,26-28H,9-10,13-14,30H2,1-2H3;3-4,6,8,11-12,15,17,23,26-28H,5,7,9-10,13-14,30H2,1-2H3/t3*17?,23-,26?,27-,28+,29-/m000/s1. The van der Waals surface area contributed by atoms with Crippen LogP contribution < -0.4 is 17.2 Å². The van der Waals surface area contributed by atoms with Gasteiger partial charge < -0.3 is 45.6 Å². The molecule has 18 heteroatoms. The van der Waals surface area contributed by atoms with Gasteiger partial charge in [0.25, 0.3) is 0 Å². The van der Waals surface area contributed by atoms with Gasteiger partial charge in [-0.25, -0.2) is 0 Å². The number of nitrogens with zero attached hydrogens (tertiary/aromatic N) is 3. The second-order valence-electron chi connectivity index (χ2n) is 32.6. The SMILES string of the molecule is CC(=O)OC1C[C@H]2[C@@H]3OC4=C(C=C3C=C[C@]2(C)[C@H]1c1ccc2cnccc2c1)C(=O)CC(CN)C4.CC(=O)OC1C[C@H]2[C@@H]3OC4=C(C=C3CC[C@]2(C)[C@H]1c1ccc2ccncc2c1)C(=O)CC(CN)C4.CC(=O)OC1C[C@H]2[C@@H]3OC4=C(C=C3CC[C@]2(C)[C@H]1c1ccc2cnccc2c1)C(=O)CC(CN)C4. The molecule has 0 spiro atoms. The number of esters is 3. The van der Waals surface area contributed by atoms with Crippen molar-refractivity contribution < 1.29 is 57.2 Å². The molecule has 6 heterocycles. The summed E-state index contributed by atoms with van der Waals surface area (Å²) in [4.78, 5) is 87.5. The van der Waals surface area contributed by atoms with Gasteiger partial charge in [0.05, 0.1) is 16.7 Å². The van der Waals surface area contributed by atoms with Crippen LogP contribution in [0.25, 0.3) is 32.3 Å². The number of aromatic nitrogens is 3. The highest BCUT2D eigenvalue weighted by Gasteiger charge is 2.63. The van der Waals surface area contributed by atoms with Gasteiger partial charge >= 0.3 is 17.9 Å². The minimum Gasteiger partial charge on any atom is -0.489 e. The summed E-state index contributed by atoms with van der Waals surface area (Å²) in [5, 5.41) is 6.67. The molecule has 6 aromatic rings. The lowest BCUT2D eigenvalue weighted by Gasteiger charge is -2.48. The summed E-state index contributed by atoms with van der Waals surface area (Å²) in [5.41, 5.74) is 26.4. The van der Waals surface area contributed by atoms with Gasteiger partial charge in [-0.05, 0) is 185 Å². The highest BCUT2D eigenvalue weighted by Crippen LogP contribution is 2.66. The summed E-state index contributed by atoms with van der Waals surface area (Å²) in [6.45, 7) is 12.8. The third-order valence-electron chi connectivity index (χ3n) is 26.3. The summed E-state index contributed by atoms with van der Waals surface area (Å²) in [6.07, 6.45) is 30.0. The lowest BCUT2D eigenvalue weighted by Crippen LogP contribution is -2.44. The normalized spacial score (nSPS) is 33.8. The number of carbonyl (C=O) groups excluding carboxylic acids is 6. The fraction of sp³-hybridized carbons (Fsp3) is 0.460. The third kappa shape index (κ3) is 12.6. The van der Waals surface area contributed by atoms with Crippen LogP contribution in [-0.4, -0.2) is 106 Å². The zero-order chi connectivity index (χ0) is 73.0. The van der Waals surface area contributed by atoms with E-state index >= 15 is 0 Å². The number of allylic oxidation sites excluding steroid dienone is 10. The Balaban J connectivity index is 0.000000121. The van der Waals surface area contributed by atoms with Crippen LogP contribution in [0.2, 0.25) is 0 Å². The van der Waals surface area contributed by atoms with Crippen molar-refractivity contribution in [1.82, 2.24) is 15.0 Å². The molecule has 18 nitrogen and oxygen atoms in total. The average Bonchev–Trinajstić information content (AvgIpc) is 1.61. The predicted octanol–water partition coefficient (Wildman–Crippen LogP) is 13.5. The van der Waals surface area contributed by atoms with Gasteiger partial charge in [0.2, 0.25) is 0 Å². The van der Waals surface area contributed by atoms with E-state index < -0.39 is 0 Å². The number of pyridine rings is 3. The topological polar surface area (TPSA) is 275 Å². The van der Waals surface area contributed by atoms with Crippen molar-refractivity contribution in [3.63, 3.8) is 0 Å². The quantitative estimate of drug-likeness (QED) is 0.0896. The van der Waals surface area contributed by atoms with Gasteiger partial charge in [-0.1, -0.05) is 81.5 Å². The Bertz CT molecular complexity index is 4640. The first-order chi connectivity index (χ1) is 50.6. The van der Waals surface area contributed by atoms with Crippen LogP contribution in [0.1, 0.15) is 159 Å². The second-order valence-corrected chi connectivity index (χ2v) is 32.6. The number of ether oxygens (including phenoxy) is 6. The van der Waals surface area contributed by atoms with E-state index in [-0.39, 0.29) is 141 Å². The largest absolute Gasteiger partial charge is 0.489 e. The van der Waals surface area contributed by atoms with Gasteiger partial charge in [0, 0.05) is 154 Å². The van der Waals surface area contributed by atoms with Crippen LogP contribution in [0.5, 0.6) is 0 Å². The summed E-state index contributed by atoms with van der Waals surface area (Å²) < 4.78 is 37.8. The smallest absolute Gasteiger partial charge is 0.302 e. The number of ketones is 3. The van der Waals surface area contributed by atoms with Crippen molar-refractivity contribution in [3.05, 3.63) is 208 Å². The Morgan fingerprint density at radius 3 is 1.29 bits per heavy atom. The van der Waals surface area contributed by atoms with E-state index in [9.17, 15) is 28.8 Å². The Hall–Kier alpha value is -9.23. The zero-order valence-electron chi connectivity index (χ0n) is 60.7. The maximum Gasteiger partial charge on any atom is 0.302 e. The first-order valence-electron chi connectivity index (χ1n) is 37.8. The molecule has 12 aliphatic rings. The van der Waals surface area contributed by atoms with Crippen LogP contribution >= 0.6 is 0 Å². The van der Waals surface area contributed by atoms with Gasteiger partial charge in [0.1, 0.15) is 53.9 Å². The molecule has 5 fully saturated rings. The molecule has 3 aromatic carbocycles. The molecule has 0 radical (unpaired) electrons. The van der Waals surface area contributed by atoms with E-state index in [0.29, 0.717) is 57.3 Å². The summed E-state index contributed by atoms with van der Waals surface area (Å²) in [7, 11) is 0. The van der Waals surface area contributed by atoms with Crippen LogP contribution in [0.3, 0.4) is 0 Å². The molecular formula is C87H94N6O12. The molecule has 0 saturated heterocycles. The molecular weight excluding hydrogens is 1320 g/mol. The van der Waals surface area contributed by atoms with Crippen LogP contribution in [0.15, 0.2) is 191 Å². The van der Waals surface area contributed by atoms with E-state index in [1.54, 1.807) is 12.4 Å². The molecule has 5 saturated carbocycles. The molecule has 3 aliphatic heterocycles. The number of rotatable bonds is 9. The first kappa shape index (κ1) is 70.1. The zero-order valence-corrected chi connectivity index (χ0v) is 60.7. The van der Waals surface area contributed by atoms with E-state index in [1.807, 2.05) is 49.1 Å². The lowest BCUT2D eigenvalue weighted by atomic mass is 9.61. The molecule has 6 N–H and O–H groups in total. The Kier molecular flexibility index (Phi) is 18.4. The van der Waals surface area contributed by atoms with Crippen molar-refractivity contribution in [2.24, 2.45) is 69.0 Å². The molecule has 9 aliphatic carbocycles. The van der Waals surface area contributed by atoms with E-state index in [4.69, 9.17) is 45.6 Å². The summed E-state index contributed by atoms with van der Waals surface area (Å²) >= 11 is 0. The number of nitrogens with two attached hydrogens (primary N) is 3. The number of benzene rings is 3. The van der Waals surface area contributed by atoms with Crippen LogP contribution in [0, 0.1) is 51.8 Å². The molecule has 18 rings (SSSR count). The highest BCUT2D eigenvalue weighted by atomic mass is 16.6. The van der Waals surface area contributed by atoms with Gasteiger partial charge in [0.15, 0.2) is 17.3 Å². The van der Waals surface area contributed by atoms with E-state index in [1.165, 1.54) is 43.0 Å². The highest BCUT2D eigenvalue weighted by molar-refractivity contribution is 6.01. The lowest BCUT2D eigenvalue weighted by molar-refractivity contribution is -0.148. The number of carbonyl (C=O) groups is 6. The fourth-order valence-electron chi connectivity index (χ4n) is 21.2. The minimum atomic E-state index is -0.285. The molecule has 105 heavy (non-hydrogen) atoms. The van der Waals surface area contributed by atoms with Gasteiger partial charge in [-0.15, -0.1) is 0 Å². The maximum atomic E-state index is 12.8. The predicted molar refractivity (Wildman–Crippen MR) is 397 cm³/mol. The molecule has 6 unspecified atom stereocenters. The number of hydrogen-bond donors (Lipinski definition) is 3. The Morgan fingerprint density at radius 2 is 0.838 bits per heavy atom. The summed E-state index contributed by atoms with van der Waals surface area (Å²) in [5.74, 6) is 3.01. The van der Waals surface area contributed by atoms with Crippen molar-refractivity contribution in [1.29, 1.82) is 0 Å². The van der Waals surface area contributed by atoms with Crippen molar-refractivity contribution >= 4 is 67.6 Å². The van der Waals surface area contributed by atoms with E-state index in [0.717, 1.165) is 123 Å². The number of fused-ring (bicyclic) bond motifs is 12. The van der Waals surface area contributed by atoms with E-state index in [2.05, 4.69) is 115 Å². The fourth-order valence-corrected chi connectivity index (χ4v) is 21.2. The molecule has 18 atom stereocenters. The number of Topliss-reactive ketones (excluding diaryl/α,β-unsaturated/α-hetero) is 3. The Morgan fingerprint density at radius 1 is 0.457 bits per heavy atom. The van der Waals surface area contributed by atoms with Crippen molar-refractivity contribution in [2.75, 3.05) is 19.6 Å². The van der Waals surface area contributed by atoms with Crippen molar-refractivity contribution in [2.45, 2.75) is 179 Å². The molecule has 3 aromatic heterocycles. The molecule has 0 amide bonds. The second kappa shape index (κ2) is 27.6. The molecule has 0 bridgehead atoms. The summed E-state index contributed by atoms with van der Waals surface area (Å²) in [6, 6.07) is 25.5. The van der Waals surface area contributed by atoms with Crippen molar-refractivity contribution in [3.8, 4) is 0 Å². The minimum absolute atomic E-state index is 0.0180. The average molecular weight is 1420 g/mol. The Labute approximate surface area is 612 Å². The number of hydrogen-bond acceptors (Lipinski definition) is 18.